The molecule has 1 aliphatic carbocycles. The van der Waals surface area contributed by atoms with E-state index >= 15 is 0 Å². The molecule has 3 aliphatic rings. The van der Waals surface area contributed by atoms with E-state index in [0.29, 0.717) is 19.0 Å². The van der Waals surface area contributed by atoms with Crippen LogP contribution in [-0.2, 0) is 6.42 Å². The lowest BCUT2D eigenvalue weighted by atomic mass is 10.1. The minimum atomic E-state index is 0.0153. The number of amidine groups is 1. The van der Waals surface area contributed by atoms with Crippen molar-refractivity contribution in [1.82, 2.24) is 19.9 Å². The predicted molar refractivity (Wildman–Crippen MR) is 104 cm³/mol. The lowest BCUT2D eigenvalue weighted by Gasteiger charge is -2.32. The van der Waals surface area contributed by atoms with Gasteiger partial charge in [-0.2, -0.15) is 0 Å². The normalized spacial score (nSPS) is 22.3. The van der Waals surface area contributed by atoms with Crippen molar-refractivity contribution in [3.8, 4) is 0 Å². The Morgan fingerprint density at radius 2 is 2.15 bits per heavy atom. The van der Waals surface area contributed by atoms with Gasteiger partial charge in [0.2, 0.25) is 0 Å². The monoisotopic (exact) mass is 366 g/mol. The Balaban J connectivity index is 1.51. The molecule has 0 radical (unpaired) electrons. The summed E-state index contributed by atoms with van der Waals surface area (Å²) >= 11 is 0. The van der Waals surface area contributed by atoms with Gasteiger partial charge in [-0.3, -0.25) is 14.8 Å². The van der Waals surface area contributed by atoms with Crippen molar-refractivity contribution in [2.75, 3.05) is 18.0 Å². The molecule has 0 saturated heterocycles. The second-order valence-corrected chi connectivity index (χ2v) is 7.85. The molecule has 1 saturated carbocycles. The summed E-state index contributed by atoms with van der Waals surface area (Å²) in [7, 11) is 0. The third-order valence-electron chi connectivity index (χ3n) is 5.90. The van der Waals surface area contributed by atoms with Gasteiger partial charge in [0.15, 0.2) is 11.7 Å². The van der Waals surface area contributed by atoms with Crippen LogP contribution in [0.2, 0.25) is 0 Å². The highest BCUT2D eigenvalue weighted by molar-refractivity contribution is 6.18. The number of amides is 2. The largest absolute Gasteiger partial charge is 0.365 e. The van der Waals surface area contributed by atoms with E-state index in [4.69, 9.17) is 9.98 Å². The first-order chi connectivity index (χ1) is 13.2. The van der Waals surface area contributed by atoms with Crippen LogP contribution in [0.15, 0.2) is 23.3 Å². The van der Waals surface area contributed by atoms with Gasteiger partial charge in [0.1, 0.15) is 11.5 Å². The lowest BCUT2D eigenvalue weighted by molar-refractivity contribution is 0.226. The fourth-order valence-corrected chi connectivity index (χ4v) is 4.59. The van der Waals surface area contributed by atoms with Gasteiger partial charge in [0.05, 0.1) is 12.6 Å². The average molecular weight is 366 g/mol. The van der Waals surface area contributed by atoms with Crippen molar-refractivity contribution < 1.29 is 4.79 Å². The number of fused-ring (bicyclic) bond motifs is 3. The number of rotatable bonds is 5. The first kappa shape index (κ1) is 16.6. The van der Waals surface area contributed by atoms with E-state index in [1.54, 1.807) is 0 Å². The highest BCUT2D eigenvalue weighted by atomic mass is 16.2. The molecule has 27 heavy (non-hydrogen) atoms. The second-order valence-electron chi connectivity index (χ2n) is 7.85. The van der Waals surface area contributed by atoms with Crippen LogP contribution in [0.1, 0.15) is 62.2 Å². The Morgan fingerprint density at radius 3 is 2.89 bits per heavy atom. The number of imidazole rings is 1. The zero-order valence-electron chi connectivity index (χ0n) is 15.7. The molecule has 5 rings (SSSR count). The van der Waals surface area contributed by atoms with Crippen LogP contribution in [0.4, 0.5) is 10.6 Å². The summed E-state index contributed by atoms with van der Waals surface area (Å²) in [4.78, 5) is 33.4. The third-order valence-corrected chi connectivity index (χ3v) is 5.90. The third kappa shape index (κ3) is 2.76. The van der Waals surface area contributed by atoms with Gasteiger partial charge in [-0.25, -0.2) is 9.78 Å². The number of H-pyrrole nitrogens is 2. The van der Waals surface area contributed by atoms with E-state index in [-0.39, 0.29) is 12.1 Å². The van der Waals surface area contributed by atoms with Crippen LogP contribution >= 0.6 is 0 Å². The Morgan fingerprint density at radius 1 is 1.30 bits per heavy atom. The van der Waals surface area contributed by atoms with Crippen LogP contribution in [0.3, 0.4) is 0 Å². The number of aliphatic imine (C=N–C) groups is 1. The number of hydrogen-bond acceptors (Lipinski definition) is 3. The molecule has 1 unspecified atom stereocenters. The molecule has 0 aromatic carbocycles. The number of carbonyl (C=O) groups excluding carboxylic acids is 1. The smallest absolute Gasteiger partial charge is 0.331 e. The number of urea groups is 1. The van der Waals surface area contributed by atoms with Gasteiger partial charge < -0.3 is 9.97 Å². The van der Waals surface area contributed by atoms with Gasteiger partial charge >= 0.3 is 6.03 Å². The molecule has 2 aromatic rings. The molecule has 1 fully saturated rings. The van der Waals surface area contributed by atoms with Crippen molar-refractivity contribution >= 4 is 17.7 Å². The topological polar surface area (TPSA) is 80.4 Å². The number of nitrogens with one attached hydrogen (secondary N) is 2. The molecule has 2 N–H and O–H groups in total. The molecule has 4 heterocycles. The van der Waals surface area contributed by atoms with Crippen LogP contribution < -0.4 is 4.90 Å². The Labute approximate surface area is 158 Å². The molecule has 1 atom stereocenters. The van der Waals surface area contributed by atoms with E-state index < -0.39 is 0 Å². The number of anilines is 1. The van der Waals surface area contributed by atoms with Crippen LogP contribution in [0.5, 0.6) is 0 Å². The van der Waals surface area contributed by atoms with E-state index in [1.165, 1.54) is 25.7 Å². The summed E-state index contributed by atoms with van der Waals surface area (Å²) in [5.41, 5.74) is 2.08. The van der Waals surface area contributed by atoms with Crippen molar-refractivity contribution in [3.05, 3.63) is 35.5 Å². The Bertz CT molecular complexity index is 861. The van der Waals surface area contributed by atoms with Crippen molar-refractivity contribution in [1.29, 1.82) is 0 Å². The molecular weight excluding hydrogens is 340 g/mol. The van der Waals surface area contributed by atoms with E-state index in [1.807, 2.05) is 22.1 Å². The van der Waals surface area contributed by atoms with E-state index in [9.17, 15) is 4.79 Å². The molecule has 2 aromatic heterocycles. The summed E-state index contributed by atoms with van der Waals surface area (Å²) in [6.45, 7) is 3.41. The fourth-order valence-electron chi connectivity index (χ4n) is 4.59. The number of aromatic nitrogens is 3. The summed E-state index contributed by atoms with van der Waals surface area (Å²) in [6.07, 6.45) is 8.53. The number of carbonyl (C=O) groups is 1. The SMILES string of the molecule is CCCN1C(=O)N2CC(Cc3ccc[nH]3)N=C2c2[nH]c(C3CCCC3)nc21. The molecule has 0 bridgehead atoms. The first-order valence-electron chi connectivity index (χ1n) is 10.1. The van der Waals surface area contributed by atoms with Crippen molar-refractivity contribution in [3.63, 3.8) is 0 Å². The maximum absolute atomic E-state index is 13.1. The maximum atomic E-state index is 13.1. The quantitative estimate of drug-likeness (QED) is 0.850. The Hall–Kier alpha value is -2.57. The summed E-state index contributed by atoms with van der Waals surface area (Å²) in [5, 5.41) is 0. The minimum absolute atomic E-state index is 0.0153. The van der Waals surface area contributed by atoms with Crippen LogP contribution in [0, 0.1) is 0 Å². The first-order valence-corrected chi connectivity index (χ1v) is 10.1. The molecule has 142 valence electrons. The van der Waals surface area contributed by atoms with Gasteiger partial charge in [0.25, 0.3) is 0 Å². The number of nitrogens with zero attached hydrogens (tertiary/aromatic N) is 4. The molecule has 2 amide bonds. The molecular formula is C20H26N6O. The average Bonchev–Trinajstić information content (AvgIpc) is 3.44. The molecule has 7 nitrogen and oxygen atoms in total. The Kier molecular flexibility index (Phi) is 4.02. The fraction of sp³-hybridized carbons (Fsp3) is 0.550. The predicted octanol–water partition coefficient (Wildman–Crippen LogP) is 3.42. The van der Waals surface area contributed by atoms with Crippen LogP contribution in [0.25, 0.3) is 0 Å². The van der Waals surface area contributed by atoms with Crippen molar-refractivity contribution in [2.45, 2.75) is 57.4 Å². The molecule has 7 heteroatoms. The molecule has 2 aliphatic heterocycles. The van der Waals surface area contributed by atoms with Gasteiger partial charge in [0, 0.05) is 30.8 Å². The zero-order valence-corrected chi connectivity index (χ0v) is 15.7. The van der Waals surface area contributed by atoms with Gasteiger partial charge in [-0.1, -0.05) is 19.8 Å². The second kappa shape index (κ2) is 6.55. The van der Waals surface area contributed by atoms with Gasteiger partial charge in [-0.05, 0) is 31.4 Å². The highest BCUT2D eigenvalue weighted by Gasteiger charge is 2.42. The molecule has 0 spiro atoms. The van der Waals surface area contributed by atoms with E-state index in [2.05, 4.69) is 23.0 Å². The summed E-state index contributed by atoms with van der Waals surface area (Å²) in [6, 6.07) is 4.17. The van der Waals surface area contributed by atoms with Gasteiger partial charge in [-0.15, -0.1) is 0 Å². The van der Waals surface area contributed by atoms with E-state index in [0.717, 1.165) is 41.7 Å². The lowest BCUT2D eigenvalue weighted by Crippen LogP contribution is -2.50. The summed E-state index contributed by atoms with van der Waals surface area (Å²) < 4.78 is 0. The zero-order chi connectivity index (χ0) is 18.4. The number of aromatic amines is 2. The maximum Gasteiger partial charge on any atom is 0.331 e. The summed E-state index contributed by atoms with van der Waals surface area (Å²) in [5.74, 6) is 3.07. The van der Waals surface area contributed by atoms with Crippen molar-refractivity contribution in [2.24, 2.45) is 4.99 Å². The van der Waals surface area contributed by atoms with Crippen LogP contribution in [-0.4, -0.2) is 50.8 Å². The number of hydrogen-bond donors (Lipinski definition) is 2. The minimum Gasteiger partial charge on any atom is -0.365 e. The standard InChI is InChI=1S/C20H26N6O/c1-2-10-25-19-16(23-17(24-19)13-6-3-4-7-13)18-22-15(12-26(18)20(25)27)11-14-8-5-9-21-14/h5,8-9,13,15,21H,2-4,6-7,10-12H2,1H3,(H,23,24). The highest BCUT2D eigenvalue weighted by Crippen LogP contribution is 2.37.